The molecule has 2 aliphatic rings. The molecule has 0 heterocycles. The number of halogens is 2. The molecule has 0 aromatic carbocycles. The Morgan fingerprint density at radius 3 is 1.89 bits per heavy atom. The van der Waals surface area contributed by atoms with Crippen molar-refractivity contribution in [3.8, 4) is 0 Å². The Hall–Kier alpha value is -0.400. The van der Waals surface area contributed by atoms with Crippen LogP contribution in [0.5, 0.6) is 0 Å². The van der Waals surface area contributed by atoms with E-state index in [1.165, 1.54) is 51.4 Å². The zero-order valence-electron chi connectivity index (χ0n) is 11.5. The molecule has 0 radical (unpaired) electrons. The fraction of sp³-hybridized carbons (Fsp3) is 0.875. The molecular formula is C16H26F2. The normalized spacial score (nSPS) is 37.3. The van der Waals surface area contributed by atoms with Crippen molar-refractivity contribution in [2.45, 2.75) is 64.7 Å². The second-order valence-corrected chi connectivity index (χ2v) is 6.53. The molecule has 0 nitrogen and oxygen atoms in total. The minimum absolute atomic E-state index is 0.519. The van der Waals surface area contributed by atoms with E-state index < -0.39 is 6.08 Å². The average molecular weight is 256 g/mol. The second kappa shape index (κ2) is 6.68. The minimum atomic E-state index is -1.50. The van der Waals surface area contributed by atoms with Gasteiger partial charge in [-0.1, -0.05) is 19.8 Å². The van der Waals surface area contributed by atoms with Gasteiger partial charge in [0.2, 0.25) is 0 Å². The van der Waals surface area contributed by atoms with E-state index in [9.17, 15) is 8.78 Å². The molecule has 2 saturated carbocycles. The molecule has 0 aromatic heterocycles. The predicted octanol–water partition coefficient (Wildman–Crippen LogP) is 5.79. The van der Waals surface area contributed by atoms with Gasteiger partial charge in [-0.25, -0.2) is 0 Å². The first-order chi connectivity index (χ1) is 8.65. The van der Waals surface area contributed by atoms with Crippen molar-refractivity contribution in [2.75, 3.05) is 0 Å². The average Bonchev–Trinajstić information content (AvgIpc) is 2.38. The van der Waals surface area contributed by atoms with E-state index in [0.717, 1.165) is 23.8 Å². The molecular weight excluding hydrogens is 230 g/mol. The van der Waals surface area contributed by atoms with Crippen LogP contribution in [-0.2, 0) is 0 Å². The maximum absolute atomic E-state index is 12.1. The zero-order valence-corrected chi connectivity index (χ0v) is 11.5. The first-order valence-electron chi connectivity index (χ1n) is 7.66. The lowest BCUT2D eigenvalue weighted by atomic mass is 9.69. The summed E-state index contributed by atoms with van der Waals surface area (Å²) in [6.45, 7) is 2.37. The third-order valence-electron chi connectivity index (χ3n) is 5.22. The maximum Gasteiger partial charge on any atom is 0.266 e. The third kappa shape index (κ3) is 4.07. The SMILES string of the molecule is CC1CCC(C2CCC(CC=C(F)F)CC2)CC1. The van der Waals surface area contributed by atoms with E-state index in [4.69, 9.17) is 0 Å². The number of allylic oxidation sites excluding steroid dienone is 1. The molecule has 0 amide bonds. The van der Waals surface area contributed by atoms with Crippen molar-refractivity contribution < 1.29 is 8.78 Å². The van der Waals surface area contributed by atoms with Crippen LogP contribution < -0.4 is 0 Å². The van der Waals surface area contributed by atoms with Crippen LogP contribution in [0.1, 0.15) is 64.7 Å². The van der Waals surface area contributed by atoms with Crippen LogP contribution in [0, 0.1) is 23.7 Å². The Labute approximate surface area is 110 Å². The van der Waals surface area contributed by atoms with Gasteiger partial charge in [0.05, 0.1) is 0 Å². The highest BCUT2D eigenvalue weighted by Crippen LogP contribution is 2.41. The van der Waals surface area contributed by atoms with E-state index in [-0.39, 0.29) is 0 Å². The lowest BCUT2D eigenvalue weighted by Crippen LogP contribution is -2.25. The second-order valence-electron chi connectivity index (χ2n) is 6.53. The molecule has 0 unspecified atom stereocenters. The minimum Gasteiger partial charge on any atom is -0.174 e. The Morgan fingerprint density at radius 1 is 0.889 bits per heavy atom. The molecule has 2 fully saturated rings. The molecule has 0 N–H and O–H groups in total. The van der Waals surface area contributed by atoms with E-state index in [2.05, 4.69) is 6.92 Å². The van der Waals surface area contributed by atoms with Crippen molar-refractivity contribution in [3.63, 3.8) is 0 Å². The number of hydrogen-bond donors (Lipinski definition) is 0. The molecule has 0 saturated heterocycles. The molecule has 0 aromatic rings. The molecule has 0 atom stereocenters. The van der Waals surface area contributed by atoms with Gasteiger partial charge in [0.25, 0.3) is 6.08 Å². The van der Waals surface area contributed by atoms with Crippen LogP contribution in [0.25, 0.3) is 0 Å². The fourth-order valence-electron chi connectivity index (χ4n) is 3.91. The first-order valence-corrected chi connectivity index (χ1v) is 7.66. The van der Waals surface area contributed by atoms with Gasteiger partial charge in [-0.3, -0.25) is 0 Å². The van der Waals surface area contributed by atoms with Gasteiger partial charge in [-0.05, 0) is 74.7 Å². The van der Waals surface area contributed by atoms with Crippen LogP contribution >= 0.6 is 0 Å². The quantitative estimate of drug-likeness (QED) is 0.599. The van der Waals surface area contributed by atoms with Gasteiger partial charge in [0, 0.05) is 0 Å². The van der Waals surface area contributed by atoms with E-state index in [1.807, 2.05) is 0 Å². The molecule has 0 spiro atoms. The van der Waals surface area contributed by atoms with Crippen molar-refractivity contribution in [3.05, 3.63) is 12.2 Å². The molecule has 0 aliphatic heterocycles. The van der Waals surface area contributed by atoms with E-state index in [0.29, 0.717) is 12.3 Å². The molecule has 0 bridgehead atoms. The number of hydrogen-bond acceptors (Lipinski definition) is 0. The highest BCUT2D eigenvalue weighted by molar-refractivity contribution is 4.87. The van der Waals surface area contributed by atoms with Crippen molar-refractivity contribution in [1.29, 1.82) is 0 Å². The summed E-state index contributed by atoms with van der Waals surface area (Å²) in [7, 11) is 0. The summed E-state index contributed by atoms with van der Waals surface area (Å²) in [6, 6.07) is 0. The molecule has 104 valence electrons. The van der Waals surface area contributed by atoms with Crippen LogP contribution in [0.2, 0.25) is 0 Å². The van der Waals surface area contributed by atoms with Gasteiger partial charge >= 0.3 is 0 Å². The zero-order chi connectivity index (χ0) is 13.0. The Balaban J connectivity index is 1.71. The van der Waals surface area contributed by atoms with Crippen LogP contribution in [-0.4, -0.2) is 0 Å². The summed E-state index contributed by atoms with van der Waals surface area (Å²) < 4.78 is 24.1. The number of rotatable bonds is 3. The Bertz CT molecular complexity index is 265. The maximum atomic E-state index is 12.1. The molecule has 2 rings (SSSR count). The first kappa shape index (κ1) is 14.0. The summed E-state index contributed by atoms with van der Waals surface area (Å²) in [5, 5.41) is 0. The summed E-state index contributed by atoms with van der Waals surface area (Å²) in [6.07, 6.45) is 10.7. The highest BCUT2D eigenvalue weighted by atomic mass is 19.3. The standard InChI is InChI=1S/C16H26F2/c1-12-2-7-14(8-3-12)15-9-4-13(5-10-15)6-11-16(17)18/h11-15H,2-10H2,1H3. The van der Waals surface area contributed by atoms with Crippen molar-refractivity contribution in [1.82, 2.24) is 0 Å². The Kier molecular flexibility index (Phi) is 5.20. The smallest absolute Gasteiger partial charge is 0.174 e. The summed E-state index contributed by atoms with van der Waals surface area (Å²) in [5.74, 6) is 3.28. The van der Waals surface area contributed by atoms with Crippen molar-refractivity contribution in [2.24, 2.45) is 23.7 Å². The van der Waals surface area contributed by atoms with E-state index in [1.54, 1.807) is 0 Å². The van der Waals surface area contributed by atoms with Gasteiger partial charge in [0.1, 0.15) is 0 Å². The largest absolute Gasteiger partial charge is 0.266 e. The van der Waals surface area contributed by atoms with Gasteiger partial charge in [-0.2, -0.15) is 8.78 Å². The lowest BCUT2D eigenvalue weighted by Gasteiger charge is -2.37. The lowest BCUT2D eigenvalue weighted by molar-refractivity contribution is 0.150. The van der Waals surface area contributed by atoms with Crippen LogP contribution in [0.15, 0.2) is 12.2 Å². The molecule has 18 heavy (non-hydrogen) atoms. The third-order valence-corrected chi connectivity index (χ3v) is 5.22. The highest BCUT2D eigenvalue weighted by Gasteiger charge is 2.29. The summed E-state index contributed by atoms with van der Waals surface area (Å²) >= 11 is 0. The monoisotopic (exact) mass is 256 g/mol. The van der Waals surface area contributed by atoms with Gasteiger partial charge in [-0.15, -0.1) is 0 Å². The Morgan fingerprint density at radius 2 is 1.39 bits per heavy atom. The topological polar surface area (TPSA) is 0 Å². The van der Waals surface area contributed by atoms with Crippen LogP contribution in [0.3, 0.4) is 0 Å². The summed E-state index contributed by atoms with van der Waals surface area (Å²) in [5.41, 5.74) is 0. The molecule has 2 heteroatoms. The molecule has 2 aliphatic carbocycles. The van der Waals surface area contributed by atoms with Crippen molar-refractivity contribution >= 4 is 0 Å². The summed E-state index contributed by atoms with van der Waals surface area (Å²) in [4.78, 5) is 0. The van der Waals surface area contributed by atoms with Crippen LogP contribution in [0.4, 0.5) is 8.78 Å². The fourth-order valence-corrected chi connectivity index (χ4v) is 3.91. The van der Waals surface area contributed by atoms with Gasteiger partial charge in [0.15, 0.2) is 0 Å². The predicted molar refractivity (Wildman–Crippen MR) is 71.5 cm³/mol. The van der Waals surface area contributed by atoms with Gasteiger partial charge < -0.3 is 0 Å². The van der Waals surface area contributed by atoms with E-state index >= 15 is 0 Å².